The molecule has 4 rings (SSSR count). The van der Waals surface area contributed by atoms with E-state index in [2.05, 4.69) is 0 Å². The number of carbonyl (C=O) groups is 1. The Morgan fingerprint density at radius 1 is 0.971 bits per heavy atom. The zero-order valence-corrected chi connectivity index (χ0v) is 21.1. The maximum absolute atomic E-state index is 13.4. The van der Waals surface area contributed by atoms with Crippen molar-refractivity contribution in [2.24, 2.45) is 0 Å². The van der Waals surface area contributed by atoms with E-state index in [0.717, 1.165) is 28.7 Å². The first kappa shape index (κ1) is 25.6. The number of amides is 1. The predicted molar refractivity (Wildman–Crippen MR) is 127 cm³/mol. The van der Waals surface area contributed by atoms with E-state index in [-0.39, 0.29) is 6.54 Å². The molecule has 0 aromatic heterocycles. The second-order valence-electron chi connectivity index (χ2n) is 10.6. The second-order valence-corrected chi connectivity index (χ2v) is 10.6. The van der Waals surface area contributed by atoms with Crippen molar-refractivity contribution in [3.63, 3.8) is 0 Å². The van der Waals surface area contributed by atoms with Crippen LogP contribution in [0.5, 0.6) is 0 Å². The van der Waals surface area contributed by atoms with Gasteiger partial charge >= 0.3 is 19.4 Å². The van der Waals surface area contributed by atoms with Crippen molar-refractivity contribution in [2.45, 2.75) is 84.5 Å². The standard InChI is InChI=1S/C26H31BF3NO4/c1-15-8-9-21(27-34-24(4,5)25(6,7)35-27)19(10-15)14-31-17(3)22(33-23(31)32)18-11-16(2)12-20(13-18)26(28,29)30/h8-13,17,22H,14H2,1-7H3/t17-,22-/m0/s1. The van der Waals surface area contributed by atoms with Gasteiger partial charge in [0.2, 0.25) is 0 Å². The lowest BCUT2D eigenvalue weighted by Gasteiger charge is -2.32. The van der Waals surface area contributed by atoms with Gasteiger partial charge in [-0.05, 0) is 77.2 Å². The summed E-state index contributed by atoms with van der Waals surface area (Å²) in [6, 6.07) is 9.19. The van der Waals surface area contributed by atoms with Crippen molar-refractivity contribution in [1.82, 2.24) is 4.90 Å². The topological polar surface area (TPSA) is 48.0 Å². The summed E-state index contributed by atoms with van der Waals surface area (Å²) in [5.74, 6) is 0. The number of hydrogen-bond acceptors (Lipinski definition) is 4. The van der Waals surface area contributed by atoms with Gasteiger partial charge in [0.05, 0.1) is 22.8 Å². The Balaban J connectivity index is 1.63. The van der Waals surface area contributed by atoms with Gasteiger partial charge in [-0.1, -0.05) is 35.4 Å². The van der Waals surface area contributed by atoms with E-state index in [0.29, 0.717) is 11.1 Å². The number of aryl methyl sites for hydroxylation is 2. The highest BCUT2D eigenvalue weighted by Gasteiger charge is 2.52. The Morgan fingerprint density at radius 3 is 2.20 bits per heavy atom. The summed E-state index contributed by atoms with van der Waals surface area (Å²) in [4.78, 5) is 14.4. The maximum atomic E-state index is 13.4. The van der Waals surface area contributed by atoms with Gasteiger partial charge in [-0.15, -0.1) is 0 Å². The van der Waals surface area contributed by atoms with Crippen molar-refractivity contribution < 1.29 is 32.0 Å². The van der Waals surface area contributed by atoms with Crippen molar-refractivity contribution in [2.75, 3.05) is 0 Å². The molecule has 35 heavy (non-hydrogen) atoms. The highest BCUT2D eigenvalue weighted by Crippen LogP contribution is 2.39. The summed E-state index contributed by atoms with van der Waals surface area (Å²) in [6.07, 6.45) is -5.86. The molecule has 0 unspecified atom stereocenters. The number of carbonyl (C=O) groups excluding carboxylic acids is 1. The van der Waals surface area contributed by atoms with Crippen LogP contribution in [0, 0.1) is 13.8 Å². The fourth-order valence-corrected chi connectivity index (χ4v) is 4.56. The van der Waals surface area contributed by atoms with Crippen LogP contribution < -0.4 is 5.46 Å². The third-order valence-corrected chi connectivity index (χ3v) is 7.29. The molecule has 2 saturated heterocycles. The van der Waals surface area contributed by atoms with Gasteiger partial charge in [-0.3, -0.25) is 4.90 Å². The Morgan fingerprint density at radius 2 is 1.60 bits per heavy atom. The van der Waals surface area contributed by atoms with Gasteiger partial charge in [-0.25, -0.2) is 4.79 Å². The molecule has 2 fully saturated rings. The molecule has 2 atom stereocenters. The van der Waals surface area contributed by atoms with Crippen LogP contribution in [0.3, 0.4) is 0 Å². The molecule has 0 N–H and O–H groups in total. The Labute approximate surface area is 204 Å². The smallest absolute Gasteiger partial charge is 0.439 e. The number of nitrogens with zero attached hydrogens (tertiary/aromatic N) is 1. The predicted octanol–water partition coefficient (Wildman–Crippen LogP) is 5.70. The molecule has 9 heteroatoms. The molecule has 2 aliphatic rings. The highest BCUT2D eigenvalue weighted by molar-refractivity contribution is 6.62. The quantitative estimate of drug-likeness (QED) is 0.517. The summed E-state index contributed by atoms with van der Waals surface area (Å²) in [7, 11) is -0.605. The third kappa shape index (κ3) is 4.80. The number of alkyl halides is 3. The van der Waals surface area contributed by atoms with Gasteiger partial charge in [0.25, 0.3) is 0 Å². The highest BCUT2D eigenvalue weighted by atomic mass is 19.4. The summed E-state index contributed by atoms with van der Waals surface area (Å²) < 4.78 is 58.2. The van der Waals surface area contributed by atoms with Crippen LogP contribution in [-0.2, 0) is 26.8 Å². The number of benzene rings is 2. The Bertz CT molecular complexity index is 1130. The fraction of sp³-hybridized carbons (Fsp3) is 0.500. The Kier molecular flexibility index (Phi) is 6.25. The average molecular weight is 489 g/mol. The molecule has 2 aliphatic heterocycles. The lowest BCUT2D eigenvalue weighted by atomic mass is 9.75. The van der Waals surface area contributed by atoms with Crippen LogP contribution in [0.2, 0.25) is 0 Å². The maximum Gasteiger partial charge on any atom is 0.495 e. The van der Waals surface area contributed by atoms with E-state index in [1.165, 1.54) is 0 Å². The van der Waals surface area contributed by atoms with Crippen molar-refractivity contribution in [3.8, 4) is 0 Å². The normalized spacial score (nSPS) is 23.7. The Hall–Kier alpha value is -2.52. The molecule has 188 valence electrons. The summed E-state index contributed by atoms with van der Waals surface area (Å²) in [5.41, 5.74) is 1.65. The van der Waals surface area contributed by atoms with E-state index >= 15 is 0 Å². The lowest BCUT2D eigenvalue weighted by Crippen LogP contribution is -2.41. The minimum atomic E-state index is -4.48. The van der Waals surface area contributed by atoms with E-state index in [1.807, 2.05) is 52.8 Å². The van der Waals surface area contributed by atoms with Crippen LogP contribution in [0.1, 0.15) is 68.5 Å². The molecule has 2 aromatic carbocycles. The minimum absolute atomic E-state index is 0.218. The molecule has 0 aliphatic carbocycles. The fourth-order valence-electron chi connectivity index (χ4n) is 4.56. The lowest BCUT2D eigenvalue weighted by molar-refractivity contribution is -0.137. The minimum Gasteiger partial charge on any atom is -0.439 e. The summed E-state index contributed by atoms with van der Waals surface area (Å²) >= 11 is 0. The largest absolute Gasteiger partial charge is 0.495 e. The van der Waals surface area contributed by atoms with Crippen LogP contribution in [-0.4, -0.2) is 35.4 Å². The van der Waals surface area contributed by atoms with Gasteiger partial charge in [-0.2, -0.15) is 13.2 Å². The van der Waals surface area contributed by atoms with E-state index < -0.39 is 48.3 Å². The first-order chi connectivity index (χ1) is 16.1. The van der Waals surface area contributed by atoms with Crippen molar-refractivity contribution in [1.29, 1.82) is 0 Å². The van der Waals surface area contributed by atoms with E-state index in [4.69, 9.17) is 14.0 Å². The molecule has 0 bridgehead atoms. The summed E-state index contributed by atoms with van der Waals surface area (Å²) in [5, 5.41) is 0. The van der Waals surface area contributed by atoms with Crippen LogP contribution >= 0.6 is 0 Å². The third-order valence-electron chi connectivity index (χ3n) is 7.29. The number of rotatable bonds is 4. The first-order valence-electron chi connectivity index (χ1n) is 11.7. The van der Waals surface area contributed by atoms with Gasteiger partial charge in [0.15, 0.2) is 0 Å². The molecule has 5 nitrogen and oxygen atoms in total. The molecule has 2 aromatic rings. The zero-order valence-electron chi connectivity index (χ0n) is 21.1. The monoisotopic (exact) mass is 489 g/mol. The molecule has 2 heterocycles. The van der Waals surface area contributed by atoms with Crippen LogP contribution in [0.25, 0.3) is 0 Å². The molecule has 1 amide bonds. The number of cyclic esters (lactones) is 1. The second kappa shape index (κ2) is 8.55. The average Bonchev–Trinajstić information content (AvgIpc) is 3.12. The van der Waals surface area contributed by atoms with Gasteiger partial charge in [0.1, 0.15) is 6.10 Å². The molecule has 0 spiro atoms. The van der Waals surface area contributed by atoms with E-state index in [1.54, 1.807) is 24.8 Å². The van der Waals surface area contributed by atoms with Crippen molar-refractivity contribution in [3.05, 3.63) is 64.2 Å². The number of halogens is 3. The van der Waals surface area contributed by atoms with E-state index in [9.17, 15) is 18.0 Å². The van der Waals surface area contributed by atoms with Crippen LogP contribution in [0.4, 0.5) is 18.0 Å². The van der Waals surface area contributed by atoms with Crippen LogP contribution in [0.15, 0.2) is 36.4 Å². The number of ether oxygens (including phenoxy) is 1. The SMILES string of the molecule is Cc1cc([C@H]2OC(=O)N(Cc3cc(C)ccc3B3OC(C)(C)C(C)(C)O3)[C@H]2C)cc(C(F)(F)F)c1. The van der Waals surface area contributed by atoms with Gasteiger partial charge in [0, 0.05) is 6.54 Å². The molecular weight excluding hydrogens is 458 g/mol. The summed E-state index contributed by atoms with van der Waals surface area (Å²) in [6.45, 7) is 13.5. The molecule has 0 radical (unpaired) electrons. The first-order valence-corrected chi connectivity index (χ1v) is 11.7. The van der Waals surface area contributed by atoms with Crippen molar-refractivity contribution >= 4 is 18.7 Å². The number of hydrogen-bond donors (Lipinski definition) is 0. The molecular formula is C26H31BF3NO4. The van der Waals surface area contributed by atoms with Gasteiger partial charge < -0.3 is 14.0 Å². The zero-order chi connectivity index (χ0) is 25.9. The molecule has 0 saturated carbocycles.